The van der Waals surface area contributed by atoms with Crippen LogP contribution in [0.15, 0.2) is 29.3 Å². The number of ether oxygens (including phenoxy) is 1. The Labute approximate surface area is 149 Å². The molecule has 7 nitrogen and oxygen atoms in total. The second-order valence-electron chi connectivity index (χ2n) is 5.76. The summed E-state index contributed by atoms with van der Waals surface area (Å²) in [5.74, 6) is 1.03. The molecule has 1 aliphatic carbocycles. The van der Waals surface area contributed by atoms with E-state index in [1.165, 1.54) is 11.8 Å². The number of hydrogen-bond donors (Lipinski definition) is 2. The van der Waals surface area contributed by atoms with Crippen molar-refractivity contribution in [3.8, 4) is 0 Å². The summed E-state index contributed by atoms with van der Waals surface area (Å²) in [6.45, 7) is 0.747. The number of imide groups is 1. The first-order valence-electron chi connectivity index (χ1n) is 8.13. The molecule has 2 N–H and O–H groups in total. The average molecular weight is 360 g/mol. The van der Waals surface area contributed by atoms with Crippen molar-refractivity contribution in [1.82, 2.24) is 20.6 Å². The van der Waals surface area contributed by atoms with Crippen LogP contribution in [0.1, 0.15) is 24.6 Å². The lowest BCUT2D eigenvalue weighted by atomic mass is 10.2. The molecular weight excluding hydrogens is 340 g/mol. The van der Waals surface area contributed by atoms with E-state index in [0.717, 1.165) is 34.6 Å². The van der Waals surface area contributed by atoms with Crippen molar-refractivity contribution in [2.24, 2.45) is 0 Å². The second kappa shape index (κ2) is 8.26. The molecule has 1 saturated carbocycles. The zero-order chi connectivity index (χ0) is 17.6. The van der Waals surface area contributed by atoms with Crippen LogP contribution in [-0.2, 0) is 9.53 Å². The highest BCUT2D eigenvalue weighted by Gasteiger charge is 2.27. The number of urea groups is 1. The van der Waals surface area contributed by atoms with E-state index in [-0.39, 0.29) is 11.7 Å². The van der Waals surface area contributed by atoms with Gasteiger partial charge in [-0.15, -0.1) is 0 Å². The number of rotatable bonds is 7. The number of hydrogen-bond acceptors (Lipinski definition) is 6. The first-order valence-corrected chi connectivity index (χ1v) is 9.12. The molecule has 1 aromatic carbocycles. The number of amides is 3. The lowest BCUT2D eigenvalue weighted by Crippen LogP contribution is -2.41. The molecule has 0 aliphatic heterocycles. The highest BCUT2D eigenvalue weighted by Crippen LogP contribution is 2.39. The van der Waals surface area contributed by atoms with E-state index in [4.69, 9.17) is 4.74 Å². The van der Waals surface area contributed by atoms with E-state index in [1.54, 1.807) is 7.11 Å². The van der Waals surface area contributed by atoms with Crippen molar-refractivity contribution < 1.29 is 14.3 Å². The quantitative estimate of drug-likeness (QED) is 0.446. The summed E-state index contributed by atoms with van der Waals surface area (Å²) >= 11 is 1.32. The summed E-state index contributed by atoms with van der Waals surface area (Å²) in [6, 6.07) is 7.25. The number of carbonyl (C=O) groups excluding carboxylic acids is 2. The zero-order valence-electron chi connectivity index (χ0n) is 13.9. The summed E-state index contributed by atoms with van der Waals surface area (Å²) in [6.07, 6.45) is 2.23. The number of aromatic nitrogens is 2. The first-order chi connectivity index (χ1) is 12.2. The SMILES string of the molecule is COCCNC(=O)NC(=O)CSc1nc(C2CC2)nc2ccccc12. The van der Waals surface area contributed by atoms with Crippen molar-refractivity contribution in [3.63, 3.8) is 0 Å². The third-order valence-electron chi connectivity index (χ3n) is 3.71. The van der Waals surface area contributed by atoms with E-state index < -0.39 is 6.03 Å². The normalized spacial score (nSPS) is 13.6. The Kier molecular flexibility index (Phi) is 5.83. The molecule has 25 heavy (non-hydrogen) atoms. The van der Waals surface area contributed by atoms with Crippen molar-refractivity contribution in [3.05, 3.63) is 30.1 Å². The molecule has 0 unspecified atom stereocenters. The summed E-state index contributed by atoms with van der Waals surface area (Å²) < 4.78 is 4.83. The van der Waals surface area contributed by atoms with E-state index in [1.807, 2.05) is 24.3 Å². The standard InChI is InChI=1S/C17H20N4O3S/c1-24-9-8-18-17(23)20-14(22)10-25-16-12-4-2-3-5-13(12)19-15(21-16)11-6-7-11/h2-5,11H,6-10H2,1H3,(H2,18,20,22,23). The fourth-order valence-corrected chi connectivity index (χ4v) is 3.13. The molecule has 3 amide bonds. The summed E-state index contributed by atoms with van der Waals surface area (Å²) in [4.78, 5) is 32.8. The van der Waals surface area contributed by atoms with Crippen LogP contribution >= 0.6 is 11.8 Å². The van der Waals surface area contributed by atoms with Crippen molar-refractivity contribution in [2.75, 3.05) is 26.0 Å². The number of fused-ring (bicyclic) bond motifs is 1. The highest BCUT2D eigenvalue weighted by atomic mass is 32.2. The number of benzene rings is 1. The van der Waals surface area contributed by atoms with Crippen molar-refractivity contribution >= 4 is 34.6 Å². The van der Waals surface area contributed by atoms with Gasteiger partial charge < -0.3 is 10.1 Å². The van der Waals surface area contributed by atoms with Gasteiger partial charge in [-0.3, -0.25) is 10.1 Å². The number of methoxy groups -OCH3 is 1. The number of para-hydroxylation sites is 1. The van der Waals surface area contributed by atoms with Crippen LogP contribution in [-0.4, -0.2) is 47.9 Å². The van der Waals surface area contributed by atoms with Crippen LogP contribution in [0.5, 0.6) is 0 Å². The molecule has 0 bridgehead atoms. The smallest absolute Gasteiger partial charge is 0.321 e. The molecule has 132 valence electrons. The summed E-state index contributed by atoms with van der Waals surface area (Å²) in [7, 11) is 1.54. The van der Waals surface area contributed by atoms with E-state index in [0.29, 0.717) is 19.1 Å². The molecule has 0 atom stereocenters. The maximum atomic E-state index is 12.0. The summed E-state index contributed by atoms with van der Waals surface area (Å²) in [5.41, 5.74) is 0.889. The molecular formula is C17H20N4O3S. The number of nitrogens with zero attached hydrogens (tertiary/aromatic N) is 2. The van der Waals surface area contributed by atoms with Crippen molar-refractivity contribution in [2.45, 2.75) is 23.8 Å². The fourth-order valence-electron chi connectivity index (χ4n) is 2.31. The monoisotopic (exact) mass is 360 g/mol. The maximum absolute atomic E-state index is 12.0. The van der Waals surface area contributed by atoms with Crippen LogP contribution in [0.4, 0.5) is 4.79 Å². The van der Waals surface area contributed by atoms with Crippen LogP contribution in [0.2, 0.25) is 0 Å². The molecule has 8 heteroatoms. The van der Waals surface area contributed by atoms with Gasteiger partial charge in [0.1, 0.15) is 10.9 Å². The Morgan fingerprint density at radius 3 is 2.84 bits per heavy atom. The Morgan fingerprint density at radius 2 is 2.08 bits per heavy atom. The van der Waals surface area contributed by atoms with Gasteiger partial charge in [-0.1, -0.05) is 30.0 Å². The zero-order valence-corrected chi connectivity index (χ0v) is 14.8. The van der Waals surface area contributed by atoms with Crippen LogP contribution in [0.25, 0.3) is 10.9 Å². The molecule has 2 aromatic rings. The predicted molar refractivity (Wildman–Crippen MR) is 95.7 cm³/mol. The van der Waals surface area contributed by atoms with E-state index >= 15 is 0 Å². The topological polar surface area (TPSA) is 93.2 Å². The van der Waals surface area contributed by atoms with Gasteiger partial charge in [0.2, 0.25) is 5.91 Å². The minimum atomic E-state index is -0.520. The number of carbonyl (C=O) groups is 2. The fraction of sp³-hybridized carbons (Fsp3) is 0.412. The third-order valence-corrected chi connectivity index (χ3v) is 4.70. The molecule has 1 heterocycles. The van der Waals surface area contributed by atoms with Gasteiger partial charge in [0.25, 0.3) is 0 Å². The molecule has 3 rings (SSSR count). The lowest BCUT2D eigenvalue weighted by Gasteiger charge is -2.08. The molecule has 0 spiro atoms. The van der Waals surface area contributed by atoms with Gasteiger partial charge in [-0.2, -0.15) is 0 Å². The van der Waals surface area contributed by atoms with Crippen LogP contribution < -0.4 is 10.6 Å². The van der Waals surface area contributed by atoms with E-state index in [9.17, 15) is 9.59 Å². The number of thioether (sulfide) groups is 1. The minimum absolute atomic E-state index is 0.114. The maximum Gasteiger partial charge on any atom is 0.321 e. The second-order valence-corrected chi connectivity index (χ2v) is 6.73. The van der Waals surface area contributed by atoms with Crippen LogP contribution in [0, 0.1) is 0 Å². The summed E-state index contributed by atoms with van der Waals surface area (Å²) in [5, 5.41) is 6.55. The van der Waals surface area contributed by atoms with E-state index in [2.05, 4.69) is 20.6 Å². The Balaban J connectivity index is 1.62. The lowest BCUT2D eigenvalue weighted by molar-refractivity contribution is -0.117. The van der Waals surface area contributed by atoms with Gasteiger partial charge in [-0.25, -0.2) is 14.8 Å². The first kappa shape index (κ1) is 17.6. The minimum Gasteiger partial charge on any atom is -0.383 e. The molecule has 0 saturated heterocycles. The van der Waals surface area contributed by atoms with Crippen LogP contribution in [0.3, 0.4) is 0 Å². The van der Waals surface area contributed by atoms with Crippen molar-refractivity contribution in [1.29, 1.82) is 0 Å². The molecule has 1 fully saturated rings. The third kappa shape index (κ3) is 4.90. The van der Waals surface area contributed by atoms with Gasteiger partial charge in [0.15, 0.2) is 0 Å². The predicted octanol–water partition coefficient (Wildman–Crippen LogP) is 2.07. The number of nitrogens with one attached hydrogen (secondary N) is 2. The average Bonchev–Trinajstić information content (AvgIpc) is 3.45. The van der Waals surface area contributed by atoms with Gasteiger partial charge in [-0.05, 0) is 18.9 Å². The Hall–Kier alpha value is -2.19. The van der Waals surface area contributed by atoms with Gasteiger partial charge in [0.05, 0.1) is 17.9 Å². The Morgan fingerprint density at radius 1 is 1.28 bits per heavy atom. The van der Waals surface area contributed by atoms with Gasteiger partial charge in [0, 0.05) is 25.0 Å². The van der Waals surface area contributed by atoms with Gasteiger partial charge >= 0.3 is 6.03 Å². The Bertz CT molecular complexity index is 780. The highest BCUT2D eigenvalue weighted by molar-refractivity contribution is 8.00. The molecule has 1 aromatic heterocycles. The molecule has 0 radical (unpaired) electrons. The molecule has 1 aliphatic rings. The largest absolute Gasteiger partial charge is 0.383 e.